The molecule has 1 aliphatic carbocycles. The van der Waals surface area contributed by atoms with E-state index in [0.29, 0.717) is 23.2 Å². The van der Waals surface area contributed by atoms with Gasteiger partial charge in [-0.3, -0.25) is 9.59 Å². The van der Waals surface area contributed by atoms with Crippen molar-refractivity contribution in [2.75, 3.05) is 0 Å². The number of rotatable bonds is 3. The van der Waals surface area contributed by atoms with E-state index in [1.165, 1.54) is 12.1 Å². The van der Waals surface area contributed by atoms with Crippen LogP contribution in [0, 0.1) is 18.2 Å². The van der Waals surface area contributed by atoms with E-state index in [9.17, 15) is 14.0 Å². The number of hydrogen-bond donors (Lipinski definition) is 2. The molecule has 3 rings (SSSR count). The van der Waals surface area contributed by atoms with E-state index in [4.69, 9.17) is 0 Å². The zero-order valence-corrected chi connectivity index (χ0v) is 15.7. The highest BCUT2D eigenvalue weighted by Gasteiger charge is 2.31. The van der Waals surface area contributed by atoms with Crippen LogP contribution >= 0.6 is 0 Å². The molecule has 0 fully saturated rings. The molecule has 1 amide bonds. The fraction of sp³-hybridized carbons (Fsp3) is 0.429. The molecule has 1 aliphatic rings. The molecule has 2 aromatic rings. The molecule has 1 atom stereocenters. The number of nitrogens with one attached hydrogen (secondary N) is 2. The van der Waals surface area contributed by atoms with Crippen molar-refractivity contribution in [1.29, 1.82) is 0 Å². The topological polar surface area (TPSA) is 62.0 Å². The van der Waals surface area contributed by atoms with Gasteiger partial charge in [0.1, 0.15) is 11.5 Å². The molecule has 26 heavy (non-hydrogen) atoms. The largest absolute Gasteiger partial charge is 0.354 e. The summed E-state index contributed by atoms with van der Waals surface area (Å²) in [5, 5.41) is 3.07. The molecule has 1 aromatic carbocycles. The Bertz CT molecular complexity index is 844. The molecule has 1 unspecified atom stereocenters. The molecule has 0 saturated heterocycles. The summed E-state index contributed by atoms with van der Waals surface area (Å²) in [6, 6.07) is 5.91. The molecule has 1 heterocycles. The van der Waals surface area contributed by atoms with Gasteiger partial charge in [-0.2, -0.15) is 0 Å². The molecular formula is C21H25FN2O2. The average Bonchev–Trinajstić information content (AvgIpc) is 2.91. The number of halogens is 1. The van der Waals surface area contributed by atoms with E-state index in [1.54, 1.807) is 12.1 Å². The Kier molecular flexibility index (Phi) is 4.74. The quantitative estimate of drug-likeness (QED) is 0.851. The zero-order chi connectivity index (χ0) is 19.1. The van der Waals surface area contributed by atoms with Crippen LogP contribution in [-0.2, 0) is 6.42 Å². The second-order valence-corrected chi connectivity index (χ2v) is 8.08. The Morgan fingerprint density at radius 3 is 2.42 bits per heavy atom. The van der Waals surface area contributed by atoms with Gasteiger partial charge in [0.05, 0.1) is 6.04 Å². The van der Waals surface area contributed by atoms with Gasteiger partial charge in [-0.05, 0) is 48.4 Å². The normalized spacial score (nSPS) is 15.5. The van der Waals surface area contributed by atoms with Gasteiger partial charge in [-0.1, -0.05) is 32.9 Å². The number of hydrogen-bond acceptors (Lipinski definition) is 2. The number of carbonyl (C=O) groups is 2. The predicted octanol–water partition coefficient (Wildman–Crippen LogP) is 4.50. The number of aromatic amines is 1. The highest BCUT2D eigenvalue weighted by Crippen LogP contribution is 2.34. The maximum atomic E-state index is 13.3. The Hall–Kier alpha value is -2.43. The minimum absolute atomic E-state index is 0.102. The van der Waals surface area contributed by atoms with Crippen LogP contribution in [0.4, 0.5) is 4.39 Å². The number of aryl methyl sites for hydroxylation is 1. The Balaban J connectivity index is 1.92. The van der Waals surface area contributed by atoms with Crippen molar-refractivity contribution in [1.82, 2.24) is 10.3 Å². The number of benzene rings is 1. The lowest BCUT2D eigenvalue weighted by atomic mass is 9.82. The van der Waals surface area contributed by atoms with Crippen molar-refractivity contribution < 1.29 is 14.0 Å². The van der Waals surface area contributed by atoms with E-state index < -0.39 is 0 Å². The van der Waals surface area contributed by atoms with E-state index >= 15 is 0 Å². The maximum absolute atomic E-state index is 13.3. The van der Waals surface area contributed by atoms with E-state index in [-0.39, 0.29) is 29.0 Å². The minimum Gasteiger partial charge on any atom is -0.354 e. The first-order chi connectivity index (χ1) is 12.2. The first kappa shape index (κ1) is 18.4. The lowest BCUT2D eigenvalue weighted by Crippen LogP contribution is -2.37. The Labute approximate surface area is 153 Å². The smallest absolute Gasteiger partial charge is 0.268 e. The van der Waals surface area contributed by atoms with Gasteiger partial charge in [0.25, 0.3) is 5.91 Å². The third kappa shape index (κ3) is 3.43. The summed E-state index contributed by atoms with van der Waals surface area (Å²) in [5.41, 5.74) is 3.28. The summed E-state index contributed by atoms with van der Waals surface area (Å²) in [4.78, 5) is 28.3. The number of H-pyrrole nitrogens is 1. The van der Waals surface area contributed by atoms with Crippen molar-refractivity contribution in [3.63, 3.8) is 0 Å². The zero-order valence-electron chi connectivity index (χ0n) is 15.7. The lowest BCUT2D eigenvalue weighted by Gasteiger charge is -2.32. The highest BCUT2D eigenvalue weighted by atomic mass is 19.1. The summed E-state index contributed by atoms with van der Waals surface area (Å²) < 4.78 is 13.3. The van der Waals surface area contributed by atoms with Gasteiger partial charge in [0, 0.05) is 17.7 Å². The summed E-state index contributed by atoms with van der Waals surface area (Å²) in [6.45, 7) is 7.89. The number of aromatic nitrogens is 1. The minimum atomic E-state index is -0.306. The van der Waals surface area contributed by atoms with Crippen molar-refractivity contribution in [2.24, 2.45) is 5.41 Å². The summed E-state index contributed by atoms with van der Waals surface area (Å²) >= 11 is 0. The molecule has 0 saturated carbocycles. The third-order valence-corrected chi connectivity index (χ3v) is 5.01. The first-order valence-electron chi connectivity index (χ1n) is 8.99. The summed E-state index contributed by atoms with van der Waals surface area (Å²) in [6.07, 6.45) is 2.13. The fourth-order valence-electron chi connectivity index (χ4n) is 3.66. The second-order valence-electron chi connectivity index (χ2n) is 8.08. The van der Waals surface area contributed by atoms with Crippen LogP contribution in [0.5, 0.6) is 0 Å². The fourth-order valence-corrected chi connectivity index (χ4v) is 3.66. The molecule has 2 N–H and O–H groups in total. The van der Waals surface area contributed by atoms with Crippen LogP contribution in [0.3, 0.4) is 0 Å². The summed E-state index contributed by atoms with van der Waals surface area (Å²) in [5.74, 6) is -0.446. The molecule has 1 aromatic heterocycles. The maximum Gasteiger partial charge on any atom is 0.268 e. The van der Waals surface area contributed by atoms with E-state index in [1.807, 2.05) is 27.7 Å². The van der Waals surface area contributed by atoms with Crippen molar-refractivity contribution in [3.8, 4) is 0 Å². The first-order valence-corrected chi connectivity index (χ1v) is 8.99. The van der Waals surface area contributed by atoms with Crippen molar-refractivity contribution in [3.05, 3.63) is 58.2 Å². The van der Waals surface area contributed by atoms with Gasteiger partial charge < -0.3 is 10.3 Å². The molecule has 4 nitrogen and oxygen atoms in total. The number of carbonyl (C=O) groups excluding carboxylic acids is 2. The molecule has 5 heteroatoms. The SMILES string of the molecule is Cc1c(C(=O)NC(c2ccc(F)cc2)C(C)(C)C)[nH]c2c1C(=O)CCC2. The average molecular weight is 356 g/mol. The van der Waals surface area contributed by atoms with Crippen LogP contribution in [0.1, 0.15) is 77.3 Å². The van der Waals surface area contributed by atoms with E-state index in [2.05, 4.69) is 10.3 Å². The number of amides is 1. The third-order valence-electron chi connectivity index (χ3n) is 5.01. The van der Waals surface area contributed by atoms with Gasteiger partial charge in [0.15, 0.2) is 5.78 Å². The molecule has 138 valence electrons. The van der Waals surface area contributed by atoms with Crippen LogP contribution in [-0.4, -0.2) is 16.7 Å². The Morgan fingerprint density at radius 1 is 1.19 bits per heavy atom. The van der Waals surface area contributed by atoms with E-state index in [0.717, 1.165) is 24.1 Å². The van der Waals surface area contributed by atoms with Crippen LogP contribution in [0.15, 0.2) is 24.3 Å². The molecule has 0 bridgehead atoms. The van der Waals surface area contributed by atoms with Gasteiger partial charge >= 0.3 is 0 Å². The number of fused-ring (bicyclic) bond motifs is 1. The van der Waals surface area contributed by atoms with Crippen molar-refractivity contribution >= 4 is 11.7 Å². The van der Waals surface area contributed by atoms with Gasteiger partial charge in [-0.25, -0.2) is 4.39 Å². The lowest BCUT2D eigenvalue weighted by molar-refractivity contribution is 0.0896. The Morgan fingerprint density at radius 2 is 1.85 bits per heavy atom. The molecule has 0 spiro atoms. The van der Waals surface area contributed by atoms with Crippen LogP contribution < -0.4 is 5.32 Å². The summed E-state index contributed by atoms with van der Waals surface area (Å²) in [7, 11) is 0. The molecule has 0 aliphatic heterocycles. The van der Waals surface area contributed by atoms with Crippen molar-refractivity contribution in [2.45, 2.75) is 53.0 Å². The second kappa shape index (κ2) is 6.71. The standard InChI is InChI=1S/C21H25FN2O2/c1-12-17-15(6-5-7-16(17)25)23-18(12)20(26)24-19(21(2,3)4)13-8-10-14(22)11-9-13/h8-11,19,23H,5-7H2,1-4H3,(H,24,26). The number of ketones is 1. The highest BCUT2D eigenvalue weighted by molar-refractivity contribution is 6.04. The predicted molar refractivity (Wildman–Crippen MR) is 98.9 cm³/mol. The van der Waals surface area contributed by atoms with Crippen LogP contribution in [0.25, 0.3) is 0 Å². The number of Topliss-reactive ketones (excluding diaryl/α,β-unsaturated/α-hetero) is 1. The molecular weight excluding hydrogens is 331 g/mol. The van der Waals surface area contributed by atoms with Gasteiger partial charge in [-0.15, -0.1) is 0 Å². The monoisotopic (exact) mass is 356 g/mol. The van der Waals surface area contributed by atoms with Gasteiger partial charge in [0.2, 0.25) is 0 Å². The van der Waals surface area contributed by atoms with Crippen LogP contribution in [0.2, 0.25) is 0 Å². The molecule has 0 radical (unpaired) electrons.